The number of hydrogen-bond donors (Lipinski definition) is 1. The average Bonchev–Trinajstić information content (AvgIpc) is 3.48. The minimum atomic E-state index is -4.97. The van der Waals surface area contributed by atoms with Crippen LogP contribution in [-0.4, -0.2) is 16.0 Å². The Labute approximate surface area is 245 Å². The van der Waals surface area contributed by atoms with Crippen molar-refractivity contribution in [3.8, 4) is 12.3 Å². The number of terminal acetylenes is 1. The Hall–Kier alpha value is -3.19. The molecule has 1 amide bonds. The summed E-state index contributed by atoms with van der Waals surface area (Å²) in [6, 6.07) is 8.29. The Morgan fingerprint density at radius 2 is 1.68 bits per heavy atom. The van der Waals surface area contributed by atoms with Gasteiger partial charge in [0.1, 0.15) is 21.8 Å². The second-order valence-electron chi connectivity index (χ2n) is 9.35. The van der Waals surface area contributed by atoms with Crippen LogP contribution in [0.2, 0.25) is 5.02 Å². The predicted molar refractivity (Wildman–Crippen MR) is 144 cm³/mol. The van der Waals surface area contributed by atoms with Crippen LogP contribution in [0.15, 0.2) is 48.5 Å². The monoisotopic (exact) mass is 631 g/mol. The Morgan fingerprint density at radius 1 is 1.00 bits per heavy atom. The first kappa shape index (κ1) is 30.8. The highest BCUT2D eigenvalue weighted by Gasteiger charge is 2.67. The molecule has 1 aliphatic rings. The molecule has 3 aromatic carbocycles. The van der Waals surface area contributed by atoms with Gasteiger partial charge in [-0.25, -0.2) is 13.2 Å². The topological polar surface area (TPSA) is 46.2 Å². The first-order chi connectivity index (χ1) is 19.2. The molecule has 0 aliphatic heterocycles. The molecule has 0 unspecified atom stereocenters. The highest BCUT2D eigenvalue weighted by molar-refractivity contribution is 6.53. The molecule has 1 fully saturated rings. The van der Waals surface area contributed by atoms with E-state index >= 15 is 0 Å². The van der Waals surface area contributed by atoms with E-state index in [0.29, 0.717) is 12.1 Å². The lowest BCUT2D eigenvalue weighted by Crippen LogP contribution is -2.17. The van der Waals surface area contributed by atoms with Crippen LogP contribution in [-0.2, 0) is 23.8 Å². The number of carbonyl (C=O) groups excluding carboxylic acids is 2. The molecule has 12 heteroatoms. The molecule has 0 aromatic heterocycles. The quantitative estimate of drug-likeness (QED) is 0.118. The lowest BCUT2D eigenvalue weighted by Gasteiger charge is -2.11. The van der Waals surface area contributed by atoms with Crippen LogP contribution in [0.25, 0.3) is 0 Å². The average molecular weight is 633 g/mol. The zero-order chi connectivity index (χ0) is 30.3. The molecule has 1 aliphatic carbocycles. The van der Waals surface area contributed by atoms with Crippen LogP contribution in [0.5, 0.6) is 0 Å². The Balaban J connectivity index is 1.53. The van der Waals surface area contributed by atoms with Gasteiger partial charge in [0.2, 0.25) is 5.91 Å². The van der Waals surface area contributed by atoms with E-state index in [1.807, 2.05) is 0 Å². The largest absolute Gasteiger partial charge is 0.419 e. The maximum absolute atomic E-state index is 14.9. The molecule has 0 bridgehead atoms. The van der Waals surface area contributed by atoms with E-state index in [-0.39, 0.29) is 45.8 Å². The van der Waals surface area contributed by atoms with E-state index in [2.05, 4.69) is 11.2 Å². The molecule has 0 radical (unpaired) electrons. The van der Waals surface area contributed by atoms with Gasteiger partial charge in [0.15, 0.2) is 5.78 Å². The molecule has 0 saturated heterocycles. The lowest BCUT2D eigenvalue weighted by atomic mass is 9.98. The molecule has 0 heterocycles. The molecular weight excluding hydrogens is 615 g/mol. The van der Waals surface area contributed by atoms with Gasteiger partial charge in [-0.15, -0.1) is 35.5 Å². The minimum absolute atomic E-state index is 0.0117. The number of ketones is 1. The summed E-state index contributed by atoms with van der Waals surface area (Å²) in [5.41, 5.74) is -1.94. The van der Waals surface area contributed by atoms with Crippen molar-refractivity contribution in [1.29, 1.82) is 0 Å². The number of amides is 1. The van der Waals surface area contributed by atoms with Crippen molar-refractivity contribution in [2.24, 2.45) is 5.92 Å². The van der Waals surface area contributed by atoms with Gasteiger partial charge >= 0.3 is 6.18 Å². The summed E-state index contributed by atoms with van der Waals surface area (Å²) in [5, 5.41) is 2.48. The summed E-state index contributed by atoms with van der Waals surface area (Å²) in [6.45, 7) is 0. The fourth-order valence-electron chi connectivity index (χ4n) is 4.54. The van der Waals surface area contributed by atoms with Crippen LogP contribution in [0.4, 0.5) is 32.0 Å². The van der Waals surface area contributed by atoms with Crippen molar-refractivity contribution in [3.05, 3.63) is 98.8 Å². The van der Waals surface area contributed by atoms with Gasteiger partial charge in [-0.1, -0.05) is 23.7 Å². The molecule has 1 N–H and O–H groups in total. The third-order valence-electron chi connectivity index (χ3n) is 6.66. The van der Waals surface area contributed by atoms with E-state index in [4.69, 9.17) is 41.2 Å². The summed E-state index contributed by atoms with van der Waals surface area (Å²) in [4.78, 5) is 26.0. The van der Waals surface area contributed by atoms with Crippen LogP contribution in [0, 0.1) is 35.7 Å². The summed E-state index contributed by atoms with van der Waals surface area (Å²) >= 11 is 18.6. The predicted octanol–water partition coefficient (Wildman–Crippen LogP) is 8.29. The third kappa shape index (κ3) is 6.35. The van der Waals surface area contributed by atoms with Gasteiger partial charge in [-0.05, 0) is 53.9 Å². The van der Waals surface area contributed by atoms with E-state index in [0.717, 1.165) is 18.2 Å². The normalized spacial score (nSPS) is 17.6. The Morgan fingerprint density at radius 3 is 2.34 bits per heavy atom. The van der Waals surface area contributed by atoms with E-state index in [9.17, 15) is 35.9 Å². The first-order valence-electron chi connectivity index (χ1n) is 11.9. The van der Waals surface area contributed by atoms with Crippen molar-refractivity contribution >= 4 is 52.2 Å². The Kier molecular flexibility index (Phi) is 8.70. The summed E-state index contributed by atoms with van der Waals surface area (Å²) in [7, 11) is 0. The number of rotatable bonds is 8. The number of halogens is 9. The minimum Gasteiger partial charge on any atom is -0.326 e. The molecule has 4 rings (SSSR count). The summed E-state index contributed by atoms with van der Waals surface area (Å²) in [6.07, 6.45) is -0.236. The van der Waals surface area contributed by atoms with Gasteiger partial charge in [0.05, 0.1) is 16.5 Å². The first-order valence-corrected chi connectivity index (χ1v) is 13.1. The molecule has 214 valence electrons. The molecule has 0 spiro atoms. The zero-order valence-electron chi connectivity index (χ0n) is 20.7. The van der Waals surface area contributed by atoms with Crippen LogP contribution < -0.4 is 5.32 Å². The van der Waals surface area contributed by atoms with Crippen molar-refractivity contribution in [3.63, 3.8) is 0 Å². The maximum Gasteiger partial charge on any atom is 0.419 e. The van der Waals surface area contributed by atoms with Gasteiger partial charge in [-0.3, -0.25) is 9.59 Å². The van der Waals surface area contributed by atoms with E-state index in [1.165, 1.54) is 18.2 Å². The number of carbonyl (C=O) groups is 2. The maximum atomic E-state index is 14.9. The van der Waals surface area contributed by atoms with Crippen molar-refractivity contribution < 1.29 is 35.9 Å². The molecule has 3 nitrogen and oxygen atoms in total. The van der Waals surface area contributed by atoms with E-state index < -0.39 is 63.5 Å². The number of Topliss-reactive ketones (excluding diaryl/α,β-unsaturated/α-hetero) is 1. The van der Waals surface area contributed by atoms with Gasteiger partial charge in [-0.2, -0.15) is 13.2 Å². The fourth-order valence-corrected chi connectivity index (χ4v) is 5.59. The molecule has 1 saturated carbocycles. The third-order valence-corrected chi connectivity index (χ3v) is 7.93. The van der Waals surface area contributed by atoms with Crippen LogP contribution >= 0.6 is 34.8 Å². The molecular formula is C29H18Cl3F6NO2. The SMILES string of the molecule is C#CCCc1c(F)ccc(CC(=O)c2cc(NC(=O)[C@H]3[C@H](c4ccc(F)c(C(F)(F)F)c4)C3(Cl)Cl)ccc2Cl)c1F. The number of nitrogens with one attached hydrogen (secondary N) is 1. The standard InChI is InChI=1S/C29H18Cl3F6NO2/c1-2-3-4-17-21(33)9-6-15(26(17)35)12-23(40)18-13-16(7-8-20(18)30)39-27(41)25-24(28(25,31)32)14-5-10-22(34)19(11-14)29(36,37)38/h1,5-11,13,24-25H,3-4,12H2,(H,39,41)/t24-,25+/m0/s1. The van der Waals surface area contributed by atoms with E-state index in [1.54, 1.807) is 0 Å². The smallest absolute Gasteiger partial charge is 0.326 e. The van der Waals surface area contributed by atoms with Crippen LogP contribution in [0.1, 0.15) is 45.0 Å². The Bertz CT molecular complexity index is 1580. The zero-order valence-corrected chi connectivity index (χ0v) is 23.0. The fraction of sp³-hybridized carbons (Fsp3) is 0.241. The van der Waals surface area contributed by atoms with Crippen LogP contribution in [0.3, 0.4) is 0 Å². The molecule has 2 atom stereocenters. The van der Waals surface area contributed by atoms with Gasteiger partial charge in [0, 0.05) is 35.6 Å². The lowest BCUT2D eigenvalue weighted by molar-refractivity contribution is -0.140. The molecule has 3 aromatic rings. The molecule has 41 heavy (non-hydrogen) atoms. The van der Waals surface area contributed by atoms with Crippen molar-refractivity contribution in [2.45, 2.75) is 35.7 Å². The highest BCUT2D eigenvalue weighted by atomic mass is 35.5. The van der Waals surface area contributed by atoms with Gasteiger partial charge in [0.25, 0.3) is 0 Å². The van der Waals surface area contributed by atoms with Crippen molar-refractivity contribution in [1.82, 2.24) is 0 Å². The van der Waals surface area contributed by atoms with Crippen molar-refractivity contribution in [2.75, 3.05) is 5.32 Å². The number of hydrogen-bond acceptors (Lipinski definition) is 2. The summed E-state index contributed by atoms with van der Waals surface area (Å²) < 4.78 is 80.4. The second-order valence-corrected chi connectivity index (χ2v) is 11.2. The van der Waals surface area contributed by atoms with Gasteiger partial charge < -0.3 is 5.32 Å². The second kappa shape index (κ2) is 11.6. The number of anilines is 1. The number of benzene rings is 3. The highest BCUT2D eigenvalue weighted by Crippen LogP contribution is 2.65. The number of alkyl halides is 5. The summed E-state index contributed by atoms with van der Waals surface area (Å²) in [5.74, 6) is -4.58.